The monoisotopic (exact) mass is 318 g/mol. The van der Waals surface area contributed by atoms with Gasteiger partial charge in [0.15, 0.2) is 0 Å². The van der Waals surface area contributed by atoms with Crippen LogP contribution in [-0.4, -0.2) is 49.3 Å². The topological polar surface area (TPSA) is 41.6 Å². The molecule has 1 amide bonds. The van der Waals surface area contributed by atoms with Crippen molar-refractivity contribution in [1.82, 2.24) is 4.90 Å². The number of ether oxygens (including phenoxy) is 1. The lowest BCUT2D eigenvalue weighted by atomic mass is 10.2. The van der Waals surface area contributed by atoms with Crippen LogP contribution in [-0.2, 0) is 4.79 Å². The van der Waals surface area contributed by atoms with Gasteiger partial charge < -0.3 is 10.1 Å². The average Bonchev–Trinajstić information content (AvgIpc) is 2.41. The van der Waals surface area contributed by atoms with Crippen molar-refractivity contribution in [3.8, 4) is 5.75 Å². The number of nitrogens with one attached hydrogen (secondary N) is 1. The Bertz CT molecular complexity index is 435. The predicted molar refractivity (Wildman–Crippen MR) is 84.2 cm³/mol. The maximum absolute atomic E-state index is 12.1. The van der Waals surface area contributed by atoms with Gasteiger partial charge in [-0.3, -0.25) is 9.69 Å². The number of carbonyl (C=O) groups is 1. The molecular weight excluding hydrogens is 299 g/mol. The van der Waals surface area contributed by atoms with Crippen molar-refractivity contribution in [2.75, 3.05) is 43.8 Å². The van der Waals surface area contributed by atoms with E-state index in [0.717, 1.165) is 5.56 Å². The molecule has 112 valence electrons. The van der Waals surface area contributed by atoms with Crippen molar-refractivity contribution in [3.05, 3.63) is 23.8 Å². The summed E-state index contributed by atoms with van der Waals surface area (Å²) >= 11 is 11.4. The van der Waals surface area contributed by atoms with Crippen LogP contribution >= 0.6 is 23.2 Å². The van der Waals surface area contributed by atoms with E-state index in [2.05, 4.69) is 5.32 Å². The van der Waals surface area contributed by atoms with E-state index in [1.165, 1.54) is 0 Å². The molecule has 0 fully saturated rings. The van der Waals surface area contributed by atoms with Crippen LogP contribution in [0, 0.1) is 6.92 Å². The Morgan fingerprint density at radius 1 is 1.30 bits per heavy atom. The molecule has 4 nitrogen and oxygen atoms in total. The Morgan fingerprint density at radius 3 is 2.50 bits per heavy atom. The van der Waals surface area contributed by atoms with E-state index in [-0.39, 0.29) is 12.5 Å². The van der Waals surface area contributed by atoms with Gasteiger partial charge in [0.2, 0.25) is 5.91 Å². The molecule has 20 heavy (non-hydrogen) atoms. The van der Waals surface area contributed by atoms with Crippen LogP contribution in [0.15, 0.2) is 18.2 Å². The number of methoxy groups -OCH3 is 1. The number of amides is 1. The molecule has 0 bridgehead atoms. The number of carbonyl (C=O) groups excluding carboxylic acids is 1. The van der Waals surface area contributed by atoms with Gasteiger partial charge in [-0.15, -0.1) is 23.2 Å². The van der Waals surface area contributed by atoms with E-state index >= 15 is 0 Å². The van der Waals surface area contributed by atoms with Crippen molar-refractivity contribution < 1.29 is 9.53 Å². The number of para-hydroxylation sites is 1. The molecule has 0 saturated carbocycles. The number of nitrogens with zero attached hydrogens (tertiary/aromatic N) is 1. The lowest BCUT2D eigenvalue weighted by molar-refractivity contribution is -0.117. The molecular formula is C14H20Cl2N2O2. The normalized spacial score (nSPS) is 10.7. The fourth-order valence-corrected chi connectivity index (χ4v) is 2.34. The highest BCUT2D eigenvalue weighted by Gasteiger charge is 2.13. The van der Waals surface area contributed by atoms with Gasteiger partial charge in [0.25, 0.3) is 0 Å². The van der Waals surface area contributed by atoms with Gasteiger partial charge in [0.05, 0.1) is 19.3 Å². The molecule has 6 heteroatoms. The summed E-state index contributed by atoms with van der Waals surface area (Å²) in [7, 11) is 1.58. The van der Waals surface area contributed by atoms with Crippen LogP contribution in [0.3, 0.4) is 0 Å². The summed E-state index contributed by atoms with van der Waals surface area (Å²) in [5.74, 6) is 1.49. The van der Waals surface area contributed by atoms with Crippen LogP contribution in [0.1, 0.15) is 5.56 Å². The molecule has 1 aromatic carbocycles. The fourth-order valence-electron chi connectivity index (χ4n) is 1.86. The molecule has 0 aliphatic carbocycles. The first kappa shape index (κ1) is 17.1. The quantitative estimate of drug-likeness (QED) is 0.749. The molecule has 1 aromatic rings. The molecule has 1 N–H and O–H groups in total. The second kappa shape index (κ2) is 9.06. The van der Waals surface area contributed by atoms with Crippen LogP contribution in [0.2, 0.25) is 0 Å². The molecule has 0 saturated heterocycles. The highest BCUT2D eigenvalue weighted by Crippen LogP contribution is 2.27. The number of hydrogen-bond donors (Lipinski definition) is 1. The highest BCUT2D eigenvalue weighted by molar-refractivity contribution is 6.18. The number of aryl methyl sites for hydroxylation is 1. The number of benzene rings is 1. The van der Waals surface area contributed by atoms with Crippen molar-refractivity contribution in [3.63, 3.8) is 0 Å². The smallest absolute Gasteiger partial charge is 0.238 e. The van der Waals surface area contributed by atoms with Crippen LogP contribution in [0.5, 0.6) is 5.75 Å². The van der Waals surface area contributed by atoms with Crippen LogP contribution < -0.4 is 10.1 Å². The van der Waals surface area contributed by atoms with E-state index in [1.54, 1.807) is 7.11 Å². The lowest BCUT2D eigenvalue weighted by Crippen LogP contribution is -2.36. The van der Waals surface area contributed by atoms with Gasteiger partial charge in [-0.1, -0.05) is 12.1 Å². The van der Waals surface area contributed by atoms with E-state index in [9.17, 15) is 4.79 Å². The third-order valence-corrected chi connectivity index (χ3v) is 3.23. The summed E-state index contributed by atoms with van der Waals surface area (Å²) in [5.41, 5.74) is 1.66. The molecule has 0 aliphatic rings. The van der Waals surface area contributed by atoms with Gasteiger partial charge in [-0.2, -0.15) is 0 Å². The first-order chi connectivity index (χ1) is 9.62. The Kier molecular flexibility index (Phi) is 7.73. The third kappa shape index (κ3) is 5.19. The van der Waals surface area contributed by atoms with Gasteiger partial charge in [-0.05, 0) is 18.6 Å². The summed E-state index contributed by atoms with van der Waals surface area (Å²) in [5, 5.41) is 2.89. The zero-order valence-electron chi connectivity index (χ0n) is 11.8. The van der Waals surface area contributed by atoms with Gasteiger partial charge in [-0.25, -0.2) is 0 Å². The Morgan fingerprint density at radius 2 is 1.95 bits per heavy atom. The van der Waals surface area contributed by atoms with Crippen molar-refractivity contribution >= 4 is 34.8 Å². The van der Waals surface area contributed by atoms with Crippen LogP contribution in [0.4, 0.5) is 5.69 Å². The van der Waals surface area contributed by atoms with Crippen molar-refractivity contribution in [2.24, 2.45) is 0 Å². The first-order valence-corrected chi connectivity index (χ1v) is 7.47. The second-order valence-electron chi connectivity index (χ2n) is 4.35. The van der Waals surface area contributed by atoms with E-state index < -0.39 is 0 Å². The van der Waals surface area contributed by atoms with Crippen molar-refractivity contribution in [2.45, 2.75) is 6.92 Å². The van der Waals surface area contributed by atoms with Gasteiger partial charge in [0.1, 0.15) is 5.75 Å². The van der Waals surface area contributed by atoms with Crippen molar-refractivity contribution in [1.29, 1.82) is 0 Å². The summed E-state index contributed by atoms with van der Waals surface area (Å²) in [4.78, 5) is 14.0. The minimum absolute atomic E-state index is 0.104. The summed E-state index contributed by atoms with van der Waals surface area (Å²) in [6.45, 7) is 3.45. The minimum atomic E-state index is -0.104. The number of anilines is 1. The number of rotatable bonds is 8. The highest BCUT2D eigenvalue weighted by atomic mass is 35.5. The summed E-state index contributed by atoms with van der Waals surface area (Å²) < 4.78 is 5.26. The van der Waals surface area contributed by atoms with E-state index in [1.807, 2.05) is 30.0 Å². The molecule has 0 spiro atoms. The Hall–Kier alpha value is -0.970. The lowest BCUT2D eigenvalue weighted by Gasteiger charge is -2.20. The molecule has 1 rings (SSSR count). The first-order valence-electron chi connectivity index (χ1n) is 6.40. The zero-order valence-corrected chi connectivity index (χ0v) is 13.3. The molecule has 0 heterocycles. The predicted octanol–water partition coefficient (Wildman–Crippen LogP) is 2.72. The molecule has 0 radical (unpaired) electrons. The number of alkyl halides is 2. The average molecular weight is 319 g/mol. The Balaban J connectivity index is 2.70. The summed E-state index contributed by atoms with van der Waals surface area (Å²) in [6, 6.07) is 5.63. The number of halogens is 2. The van der Waals surface area contributed by atoms with E-state index in [4.69, 9.17) is 27.9 Å². The molecule has 0 aromatic heterocycles. The molecule has 0 atom stereocenters. The summed E-state index contributed by atoms with van der Waals surface area (Å²) in [6.07, 6.45) is 0. The maximum atomic E-state index is 12.1. The fraction of sp³-hybridized carbons (Fsp3) is 0.500. The zero-order chi connectivity index (χ0) is 15.0. The van der Waals surface area contributed by atoms with Gasteiger partial charge in [0, 0.05) is 24.8 Å². The standard InChI is InChI=1S/C14H20Cl2N2O2/c1-11-4-3-5-12(20-2)14(11)17-13(19)10-18(8-6-15)9-7-16/h3-5H,6-10H2,1-2H3,(H,17,19). The third-order valence-electron chi connectivity index (χ3n) is 2.89. The second-order valence-corrected chi connectivity index (χ2v) is 5.11. The number of hydrogen-bond acceptors (Lipinski definition) is 3. The van der Waals surface area contributed by atoms with Crippen LogP contribution in [0.25, 0.3) is 0 Å². The SMILES string of the molecule is COc1cccc(C)c1NC(=O)CN(CCCl)CCCl. The minimum Gasteiger partial charge on any atom is -0.495 e. The molecule has 0 unspecified atom stereocenters. The maximum Gasteiger partial charge on any atom is 0.238 e. The molecule has 0 aliphatic heterocycles. The van der Waals surface area contributed by atoms with Gasteiger partial charge >= 0.3 is 0 Å². The largest absolute Gasteiger partial charge is 0.495 e. The Labute approximate surface area is 130 Å². The van der Waals surface area contributed by atoms with E-state index in [0.29, 0.717) is 36.3 Å².